The lowest BCUT2D eigenvalue weighted by Crippen LogP contribution is -2.27. The molecule has 0 saturated heterocycles. The van der Waals surface area contributed by atoms with Gasteiger partial charge in [0.05, 0.1) is 0 Å². The number of phenolic OH excluding ortho intramolecular Hbond substituents is 1. The van der Waals surface area contributed by atoms with Crippen molar-refractivity contribution >= 4 is 12.2 Å². The highest BCUT2D eigenvalue weighted by atomic mass is 16.3. The third-order valence-corrected chi connectivity index (χ3v) is 4.54. The Morgan fingerprint density at radius 1 is 0.920 bits per heavy atom. The first kappa shape index (κ1) is 15.2. The fraction of sp³-hybridized carbons (Fsp3) is 0.100. The number of H-pyrrole nitrogens is 2. The smallest absolute Gasteiger partial charge is 0.325 e. The normalized spacial score (nSPS) is 15.3. The van der Waals surface area contributed by atoms with E-state index >= 15 is 0 Å². The molecule has 1 heterocycles. The number of phenols is 1. The lowest BCUT2D eigenvalue weighted by atomic mass is 9.83. The van der Waals surface area contributed by atoms with Crippen LogP contribution >= 0.6 is 0 Å². The molecule has 0 fully saturated rings. The van der Waals surface area contributed by atoms with E-state index in [0.29, 0.717) is 5.56 Å². The molecule has 0 saturated carbocycles. The predicted molar refractivity (Wildman–Crippen MR) is 96.8 cm³/mol. The van der Waals surface area contributed by atoms with E-state index in [0.717, 1.165) is 27.8 Å². The molecule has 4 rings (SSSR count). The zero-order valence-electron chi connectivity index (χ0n) is 13.5. The summed E-state index contributed by atoms with van der Waals surface area (Å²) in [7, 11) is 0. The number of hydrogen-bond donors (Lipinski definition) is 3. The molecule has 0 aliphatic heterocycles. The highest BCUT2D eigenvalue weighted by molar-refractivity contribution is 5.78. The topological polar surface area (TPSA) is 85.9 Å². The SMILES string of the molecule is Cc1ccc2c(c1)C=Cc1cc(O)ccc1C2c1c[nH]c(=O)[nH]c1=O. The van der Waals surface area contributed by atoms with Gasteiger partial charge in [-0.3, -0.25) is 9.78 Å². The fourth-order valence-corrected chi connectivity index (χ4v) is 3.39. The Bertz CT molecular complexity index is 1070. The van der Waals surface area contributed by atoms with Crippen LogP contribution in [-0.2, 0) is 0 Å². The average molecular weight is 332 g/mol. The van der Waals surface area contributed by atoms with Crippen molar-refractivity contribution in [2.24, 2.45) is 0 Å². The summed E-state index contributed by atoms with van der Waals surface area (Å²) in [5.41, 5.74) is 4.34. The molecule has 124 valence electrons. The van der Waals surface area contributed by atoms with Crippen LogP contribution in [0, 0.1) is 6.92 Å². The molecule has 0 amide bonds. The van der Waals surface area contributed by atoms with Gasteiger partial charge in [0.1, 0.15) is 5.75 Å². The maximum atomic E-state index is 12.5. The van der Waals surface area contributed by atoms with E-state index in [-0.39, 0.29) is 11.7 Å². The van der Waals surface area contributed by atoms with Crippen LogP contribution in [-0.4, -0.2) is 15.1 Å². The van der Waals surface area contributed by atoms with Gasteiger partial charge in [0, 0.05) is 17.7 Å². The van der Waals surface area contributed by atoms with E-state index < -0.39 is 11.2 Å². The zero-order valence-corrected chi connectivity index (χ0v) is 13.5. The molecule has 1 aliphatic rings. The molecule has 5 nitrogen and oxygen atoms in total. The Morgan fingerprint density at radius 2 is 1.60 bits per heavy atom. The molecule has 1 aromatic heterocycles. The number of nitrogens with one attached hydrogen (secondary N) is 2. The number of benzene rings is 2. The van der Waals surface area contributed by atoms with Gasteiger partial charge in [-0.05, 0) is 41.3 Å². The number of aromatic amines is 2. The molecule has 1 aliphatic carbocycles. The van der Waals surface area contributed by atoms with Crippen molar-refractivity contribution in [1.29, 1.82) is 0 Å². The molecule has 3 N–H and O–H groups in total. The van der Waals surface area contributed by atoms with Crippen LogP contribution in [0.3, 0.4) is 0 Å². The van der Waals surface area contributed by atoms with Crippen molar-refractivity contribution in [2.45, 2.75) is 12.8 Å². The van der Waals surface area contributed by atoms with Crippen LogP contribution < -0.4 is 11.2 Å². The molecule has 0 spiro atoms. The Hall–Kier alpha value is -3.34. The largest absolute Gasteiger partial charge is 0.508 e. The van der Waals surface area contributed by atoms with Gasteiger partial charge in [-0.25, -0.2) is 4.79 Å². The van der Waals surface area contributed by atoms with Crippen molar-refractivity contribution in [3.63, 3.8) is 0 Å². The summed E-state index contributed by atoms with van der Waals surface area (Å²) in [6.07, 6.45) is 5.39. The molecule has 2 aromatic carbocycles. The van der Waals surface area contributed by atoms with E-state index in [1.807, 2.05) is 37.3 Å². The van der Waals surface area contributed by atoms with Gasteiger partial charge in [0.25, 0.3) is 5.56 Å². The number of hydrogen-bond acceptors (Lipinski definition) is 3. The van der Waals surface area contributed by atoms with Gasteiger partial charge in [0.2, 0.25) is 0 Å². The quantitative estimate of drug-likeness (QED) is 0.501. The van der Waals surface area contributed by atoms with Crippen LogP contribution in [0.15, 0.2) is 52.2 Å². The standard InChI is InChI=1S/C20H16N2O3/c1-11-2-6-15-12(8-11)3-4-13-9-14(23)5-7-16(13)18(15)17-10-21-20(25)22-19(17)24/h2-10,18,23H,1H3,(H2,21,22,24,25). The maximum Gasteiger partial charge on any atom is 0.325 e. The summed E-state index contributed by atoms with van der Waals surface area (Å²) in [6, 6.07) is 11.2. The van der Waals surface area contributed by atoms with Crippen molar-refractivity contribution < 1.29 is 5.11 Å². The summed E-state index contributed by atoms with van der Waals surface area (Å²) in [4.78, 5) is 28.7. The average Bonchev–Trinajstić information content (AvgIpc) is 2.72. The Kier molecular flexibility index (Phi) is 3.42. The van der Waals surface area contributed by atoms with Gasteiger partial charge >= 0.3 is 5.69 Å². The van der Waals surface area contributed by atoms with Crippen LogP contribution in [0.1, 0.15) is 39.3 Å². The number of rotatable bonds is 1. The van der Waals surface area contributed by atoms with E-state index in [2.05, 4.69) is 16.0 Å². The van der Waals surface area contributed by atoms with Crippen LogP contribution in [0.5, 0.6) is 5.75 Å². The van der Waals surface area contributed by atoms with Crippen LogP contribution in [0.25, 0.3) is 12.2 Å². The van der Waals surface area contributed by atoms with E-state index in [1.165, 1.54) is 6.20 Å². The first-order valence-corrected chi connectivity index (χ1v) is 7.96. The van der Waals surface area contributed by atoms with Gasteiger partial charge < -0.3 is 10.1 Å². The van der Waals surface area contributed by atoms with E-state index in [1.54, 1.807) is 12.1 Å². The highest BCUT2D eigenvalue weighted by Crippen LogP contribution is 2.39. The number of aromatic hydroxyl groups is 1. The first-order valence-electron chi connectivity index (χ1n) is 7.96. The Labute approximate surface area is 143 Å². The second-order valence-electron chi connectivity index (χ2n) is 6.24. The molecule has 0 bridgehead atoms. The minimum Gasteiger partial charge on any atom is -0.508 e. The lowest BCUT2D eigenvalue weighted by Gasteiger charge is -2.20. The Balaban J connectivity index is 2.07. The third-order valence-electron chi connectivity index (χ3n) is 4.54. The molecular weight excluding hydrogens is 316 g/mol. The lowest BCUT2D eigenvalue weighted by molar-refractivity contribution is 0.475. The minimum absolute atomic E-state index is 0.166. The highest BCUT2D eigenvalue weighted by Gasteiger charge is 2.26. The Morgan fingerprint density at radius 3 is 2.32 bits per heavy atom. The summed E-state index contributed by atoms with van der Waals surface area (Å²) in [5.74, 6) is -0.179. The number of aromatic nitrogens is 2. The second-order valence-corrected chi connectivity index (χ2v) is 6.24. The summed E-state index contributed by atoms with van der Waals surface area (Å²) < 4.78 is 0. The maximum absolute atomic E-state index is 12.5. The molecule has 5 heteroatoms. The van der Waals surface area contributed by atoms with Gasteiger partial charge in [-0.1, -0.05) is 42.0 Å². The summed E-state index contributed by atoms with van der Waals surface area (Å²) in [5, 5.41) is 9.84. The minimum atomic E-state index is -0.532. The van der Waals surface area contributed by atoms with E-state index in [9.17, 15) is 14.7 Å². The van der Waals surface area contributed by atoms with Crippen LogP contribution in [0.4, 0.5) is 0 Å². The van der Waals surface area contributed by atoms with Crippen molar-refractivity contribution in [2.75, 3.05) is 0 Å². The summed E-state index contributed by atoms with van der Waals surface area (Å²) in [6.45, 7) is 2.01. The number of aryl methyl sites for hydroxylation is 1. The monoisotopic (exact) mass is 332 g/mol. The van der Waals surface area contributed by atoms with Crippen molar-refractivity contribution in [1.82, 2.24) is 9.97 Å². The molecular formula is C20H16N2O3. The van der Waals surface area contributed by atoms with Crippen molar-refractivity contribution in [3.05, 3.63) is 96.8 Å². The third kappa shape index (κ3) is 2.59. The molecule has 1 unspecified atom stereocenters. The van der Waals surface area contributed by atoms with E-state index in [4.69, 9.17) is 0 Å². The first-order chi connectivity index (χ1) is 12.0. The zero-order chi connectivity index (χ0) is 17.6. The second kappa shape index (κ2) is 5.63. The molecule has 25 heavy (non-hydrogen) atoms. The fourth-order valence-electron chi connectivity index (χ4n) is 3.39. The predicted octanol–water partition coefficient (Wildman–Crippen LogP) is 2.74. The van der Waals surface area contributed by atoms with Crippen molar-refractivity contribution in [3.8, 4) is 5.75 Å². The molecule has 1 atom stereocenters. The van der Waals surface area contributed by atoms with Gasteiger partial charge in [-0.2, -0.15) is 0 Å². The molecule has 3 aromatic rings. The number of fused-ring (bicyclic) bond motifs is 2. The van der Waals surface area contributed by atoms with Crippen LogP contribution in [0.2, 0.25) is 0 Å². The summed E-state index contributed by atoms with van der Waals surface area (Å²) >= 11 is 0. The molecule has 0 radical (unpaired) electrons. The van der Waals surface area contributed by atoms with Gasteiger partial charge in [-0.15, -0.1) is 0 Å². The van der Waals surface area contributed by atoms with Gasteiger partial charge in [0.15, 0.2) is 0 Å².